The molecule has 0 aliphatic carbocycles. The molecule has 21 heavy (non-hydrogen) atoms. The highest BCUT2D eigenvalue weighted by atomic mass is 19.2. The maximum Gasteiger partial charge on any atom is 0.194 e. The van der Waals surface area contributed by atoms with E-state index in [0.29, 0.717) is 13.1 Å². The molecule has 1 N–H and O–H groups in total. The molecule has 1 heterocycles. The number of hydrogen-bond acceptors (Lipinski definition) is 2. The average Bonchev–Trinajstić information content (AvgIpc) is 2.96. The molecule has 114 valence electrons. The van der Waals surface area contributed by atoms with Crippen molar-refractivity contribution in [3.63, 3.8) is 0 Å². The molecule has 0 aliphatic rings. The van der Waals surface area contributed by atoms with Crippen LogP contribution in [0.3, 0.4) is 0 Å². The Bertz CT molecular complexity index is 610. The molecule has 0 aliphatic heterocycles. The van der Waals surface area contributed by atoms with Crippen molar-refractivity contribution < 1.29 is 13.2 Å². The Balaban J connectivity index is 2.42. The normalized spacial score (nSPS) is 12.6. The van der Waals surface area contributed by atoms with Gasteiger partial charge in [0.05, 0.1) is 12.2 Å². The maximum absolute atomic E-state index is 14.0. The fourth-order valence-corrected chi connectivity index (χ4v) is 2.16. The van der Waals surface area contributed by atoms with Crippen molar-refractivity contribution in [3.05, 3.63) is 53.1 Å². The van der Waals surface area contributed by atoms with Gasteiger partial charge in [0.2, 0.25) is 0 Å². The molecule has 0 saturated carbocycles. The molecule has 1 aromatic carbocycles. The lowest BCUT2D eigenvalue weighted by Crippen LogP contribution is -2.24. The van der Waals surface area contributed by atoms with E-state index in [1.165, 1.54) is 6.07 Å². The molecule has 0 radical (unpaired) electrons. The third kappa shape index (κ3) is 3.26. The lowest BCUT2D eigenvalue weighted by Gasteiger charge is -2.18. The molecule has 0 amide bonds. The number of nitrogens with one attached hydrogen (secondary N) is 1. The van der Waals surface area contributed by atoms with Gasteiger partial charge in [0.1, 0.15) is 0 Å². The monoisotopic (exact) mass is 297 g/mol. The van der Waals surface area contributed by atoms with E-state index in [1.807, 2.05) is 13.8 Å². The number of aryl methyl sites for hydroxylation is 1. The largest absolute Gasteiger partial charge is 0.306 e. The molecule has 1 unspecified atom stereocenters. The first-order valence-corrected chi connectivity index (χ1v) is 6.97. The molecule has 0 saturated heterocycles. The molecule has 3 nitrogen and oxygen atoms in total. The van der Waals surface area contributed by atoms with Gasteiger partial charge < -0.3 is 5.32 Å². The summed E-state index contributed by atoms with van der Waals surface area (Å²) in [5.74, 6) is -3.79. The summed E-state index contributed by atoms with van der Waals surface area (Å²) in [7, 11) is 0. The summed E-state index contributed by atoms with van der Waals surface area (Å²) in [6.45, 7) is 5.21. The van der Waals surface area contributed by atoms with Gasteiger partial charge in [-0.2, -0.15) is 5.10 Å². The quantitative estimate of drug-likeness (QED) is 0.828. The minimum absolute atomic E-state index is 0.0815. The topological polar surface area (TPSA) is 29.9 Å². The molecule has 1 aromatic heterocycles. The second kappa shape index (κ2) is 6.76. The van der Waals surface area contributed by atoms with Crippen LogP contribution >= 0.6 is 0 Å². The summed E-state index contributed by atoms with van der Waals surface area (Å²) in [5, 5.41) is 7.29. The van der Waals surface area contributed by atoms with Gasteiger partial charge in [0, 0.05) is 23.9 Å². The van der Waals surface area contributed by atoms with Crippen LogP contribution < -0.4 is 5.32 Å². The van der Waals surface area contributed by atoms with E-state index < -0.39 is 23.5 Å². The van der Waals surface area contributed by atoms with Crippen molar-refractivity contribution in [1.29, 1.82) is 0 Å². The maximum atomic E-state index is 14.0. The standard InChI is InChI=1S/C15H18F3N3/c1-3-7-19-15(10-8-20-21(4-2)9-10)11-5-6-12(16)14(18)13(11)17/h5-6,8-9,15,19H,3-4,7H2,1-2H3. The summed E-state index contributed by atoms with van der Waals surface area (Å²) in [6, 6.07) is 1.66. The predicted octanol–water partition coefficient (Wildman–Crippen LogP) is 3.41. The van der Waals surface area contributed by atoms with Crippen molar-refractivity contribution in [2.75, 3.05) is 6.54 Å². The Morgan fingerprint density at radius 2 is 1.95 bits per heavy atom. The van der Waals surface area contributed by atoms with Crippen LogP contribution in [0, 0.1) is 17.5 Å². The van der Waals surface area contributed by atoms with Gasteiger partial charge in [-0.05, 0) is 26.0 Å². The molecule has 2 aromatic rings. The van der Waals surface area contributed by atoms with Crippen LogP contribution in [0.1, 0.15) is 37.4 Å². The summed E-state index contributed by atoms with van der Waals surface area (Å²) < 4.78 is 42.3. The van der Waals surface area contributed by atoms with Crippen LogP contribution in [0.5, 0.6) is 0 Å². The van der Waals surface area contributed by atoms with Crippen LogP contribution in [0.25, 0.3) is 0 Å². The van der Waals surface area contributed by atoms with E-state index in [0.717, 1.165) is 18.1 Å². The predicted molar refractivity (Wildman–Crippen MR) is 74.4 cm³/mol. The van der Waals surface area contributed by atoms with Crippen molar-refractivity contribution in [3.8, 4) is 0 Å². The number of halogens is 3. The summed E-state index contributed by atoms with van der Waals surface area (Å²) in [6.07, 6.45) is 4.22. The zero-order chi connectivity index (χ0) is 15.4. The minimum atomic E-state index is -1.45. The van der Waals surface area contributed by atoms with Crippen LogP contribution in [-0.4, -0.2) is 16.3 Å². The highest BCUT2D eigenvalue weighted by Crippen LogP contribution is 2.26. The third-order valence-electron chi connectivity index (χ3n) is 3.29. The highest BCUT2D eigenvalue weighted by Gasteiger charge is 2.22. The van der Waals surface area contributed by atoms with Crippen molar-refractivity contribution in [2.45, 2.75) is 32.9 Å². The van der Waals surface area contributed by atoms with E-state index >= 15 is 0 Å². The first kappa shape index (κ1) is 15.6. The summed E-state index contributed by atoms with van der Waals surface area (Å²) in [5.41, 5.74) is 0.799. The van der Waals surface area contributed by atoms with Gasteiger partial charge in [-0.1, -0.05) is 13.0 Å². The van der Waals surface area contributed by atoms with Crippen molar-refractivity contribution in [2.24, 2.45) is 0 Å². The third-order valence-corrected chi connectivity index (χ3v) is 3.29. The minimum Gasteiger partial charge on any atom is -0.306 e. The Labute approximate surface area is 121 Å². The van der Waals surface area contributed by atoms with Crippen molar-refractivity contribution >= 4 is 0 Å². The Morgan fingerprint density at radius 3 is 2.57 bits per heavy atom. The molecule has 6 heteroatoms. The molecule has 2 rings (SSSR count). The van der Waals surface area contributed by atoms with Crippen LogP contribution in [0.2, 0.25) is 0 Å². The number of rotatable bonds is 6. The molecule has 0 bridgehead atoms. The Hall–Kier alpha value is -1.82. The molecular formula is C15H18F3N3. The van der Waals surface area contributed by atoms with E-state index in [-0.39, 0.29) is 5.56 Å². The first-order chi connectivity index (χ1) is 10.1. The molecule has 0 fully saturated rings. The zero-order valence-electron chi connectivity index (χ0n) is 12.0. The Morgan fingerprint density at radius 1 is 1.19 bits per heavy atom. The second-order valence-corrected chi connectivity index (χ2v) is 4.78. The highest BCUT2D eigenvalue weighted by molar-refractivity contribution is 5.31. The Kier molecular flexibility index (Phi) is 5.01. The molecule has 0 spiro atoms. The van der Waals surface area contributed by atoms with Gasteiger partial charge in [-0.25, -0.2) is 13.2 Å². The van der Waals surface area contributed by atoms with Crippen molar-refractivity contribution in [1.82, 2.24) is 15.1 Å². The molecule has 1 atom stereocenters. The summed E-state index contributed by atoms with van der Waals surface area (Å²) >= 11 is 0. The number of benzene rings is 1. The fourth-order valence-electron chi connectivity index (χ4n) is 2.16. The smallest absolute Gasteiger partial charge is 0.194 e. The van der Waals surface area contributed by atoms with E-state index in [2.05, 4.69) is 10.4 Å². The van der Waals surface area contributed by atoms with Gasteiger partial charge in [0.25, 0.3) is 0 Å². The average molecular weight is 297 g/mol. The second-order valence-electron chi connectivity index (χ2n) is 4.78. The van der Waals surface area contributed by atoms with Gasteiger partial charge >= 0.3 is 0 Å². The summed E-state index contributed by atoms with van der Waals surface area (Å²) in [4.78, 5) is 0. The van der Waals surface area contributed by atoms with Gasteiger partial charge in [0.15, 0.2) is 17.5 Å². The van der Waals surface area contributed by atoms with Crippen LogP contribution in [-0.2, 0) is 6.54 Å². The SMILES string of the molecule is CCCNC(c1cnn(CC)c1)c1ccc(F)c(F)c1F. The number of hydrogen-bond donors (Lipinski definition) is 1. The number of aromatic nitrogens is 2. The van der Waals surface area contributed by atoms with E-state index in [4.69, 9.17) is 0 Å². The fraction of sp³-hybridized carbons (Fsp3) is 0.400. The van der Waals surface area contributed by atoms with Crippen LogP contribution in [0.15, 0.2) is 24.5 Å². The van der Waals surface area contributed by atoms with E-state index in [9.17, 15) is 13.2 Å². The van der Waals surface area contributed by atoms with Gasteiger partial charge in [-0.15, -0.1) is 0 Å². The van der Waals surface area contributed by atoms with E-state index in [1.54, 1.807) is 17.1 Å². The first-order valence-electron chi connectivity index (χ1n) is 6.97. The number of nitrogens with zero attached hydrogens (tertiary/aromatic N) is 2. The van der Waals surface area contributed by atoms with Crippen LogP contribution in [0.4, 0.5) is 13.2 Å². The lowest BCUT2D eigenvalue weighted by molar-refractivity contribution is 0.432. The zero-order valence-corrected chi connectivity index (χ0v) is 12.0. The lowest BCUT2D eigenvalue weighted by atomic mass is 10.0. The van der Waals surface area contributed by atoms with Gasteiger partial charge in [-0.3, -0.25) is 4.68 Å². The molecular weight excluding hydrogens is 279 g/mol.